The van der Waals surface area contributed by atoms with Crippen LogP contribution in [-0.2, 0) is 9.05 Å². The SMILES string of the molecule is COc1nc(S(=O)(=O)Cl)cc(C)c1OC(F)(F)F. The van der Waals surface area contributed by atoms with Gasteiger partial charge in [-0.3, -0.25) is 0 Å². The van der Waals surface area contributed by atoms with Crippen molar-refractivity contribution in [3.8, 4) is 11.6 Å². The molecule has 0 saturated carbocycles. The highest BCUT2D eigenvalue weighted by Crippen LogP contribution is 2.35. The van der Waals surface area contributed by atoms with Gasteiger partial charge < -0.3 is 9.47 Å². The van der Waals surface area contributed by atoms with Gasteiger partial charge >= 0.3 is 6.36 Å². The third kappa shape index (κ3) is 3.64. The summed E-state index contributed by atoms with van der Waals surface area (Å²) in [5, 5.41) is -0.618. The van der Waals surface area contributed by atoms with Crippen LogP contribution in [0.3, 0.4) is 0 Å². The van der Waals surface area contributed by atoms with Crippen molar-refractivity contribution in [2.75, 3.05) is 7.11 Å². The lowest BCUT2D eigenvalue weighted by Crippen LogP contribution is -2.19. The third-order valence-corrected chi connectivity index (χ3v) is 2.95. The molecule has 0 aliphatic heterocycles. The van der Waals surface area contributed by atoms with E-state index in [-0.39, 0.29) is 5.56 Å². The van der Waals surface area contributed by atoms with Crippen molar-refractivity contribution in [1.82, 2.24) is 4.98 Å². The second-order valence-corrected chi connectivity index (χ2v) is 5.61. The van der Waals surface area contributed by atoms with Gasteiger partial charge in [0.15, 0.2) is 10.8 Å². The second kappa shape index (κ2) is 4.81. The lowest BCUT2D eigenvalue weighted by atomic mass is 10.3. The molecule has 1 aromatic heterocycles. The summed E-state index contributed by atoms with van der Waals surface area (Å²) in [6.45, 7) is 1.21. The highest BCUT2D eigenvalue weighted by atomic mass is 35.7. The quantitative estimate of drug-likeness (QED) is 0.801. The van der Waals surface area contributed by atoms with Crippen LogP contribution in [0.5, 0.6) is 11.6 Å². The van der Waals surface area contributed by atoms with Crippen LogP contribution >= 0.6 is 10.7 Å². The Labute approximate surface area is 105 Å². The molecule has 0 unspecified atom stereocenters. The van der Waals surface area contributed by atoms with Crippen molar-refractivity contribution >= 4 is 19.7 Å². The number of aryl methyl sites for hydroxylation is 1. The zero-order valence-electron chi connectivity index (χ0n) is 9.08. The van der Waals surface area contributed by atoms with Gasteiger partial charge in [-0.1, -0.05) is 0 Å². The maximum atomic E-state index is 12.1. The van der Waals surface area contributed by atoms with Crippen molar-refractivity contribution in [1.29, 1.82) is 0 Å². The Bertz CT molecular complexity index is 558. The minimum Gasteiger partial charge on any atom is -0.478 e. The first kappa shape index (κ1) is 14.8. The molecule has 0 saturated heterocycles. The lowest BCUT2D eigenvalue weighted by Gasteiger charge is -2.14. The summed E-state index contributed by atoms with van der Waals surface area (Å²) in [4.78, 5) is 3.34. The first-order valence-corrected chi connectivity index (χ1v) is 6.61. The van der Waals surface area contributed by atoms with Gasteiger partial charge in [0.05, 0.1) is 7.11 Å². The van der Waals surface area contributed by atoms with Gasteiger partial charge in [-0.05, 0) is 18.6 Å². The molecule has 0 N–H and O–H groups in total. The van der Waals surface area contributed by atoms with Gasteiger partial charge in [-0.2, -0.15) is 4.98 Å². The number of hydrogen-bond donors (Lipinski definition) is 0. The van der Waals surface area contributed by atoms with Gasteiger partial charge in [-0.25, -0.2) is 8.42 Å². The fourth-order valence-electron chi connectivity index (χ4n) is 1.11. The van der Waals surface area contributed by atoms with E-state index in [9.17, 15) is 21.6 Å². The molecule has 18 heavy (non-hydrogen) atoms. The van der Waals surface area contributed by atoms with Crippen molar-refractivity contribution in [3.05, 3.63) is 11.6 Å². The standard InChI is InChI=1S/C8H7ClF3NO4S/c1-4-3-5(18(9,14)15)13-7(16-2)6(4)17-8(10,11)12/h3H,1-2H3. The molecule has 0 bridgehead atoms. The molecule has 0 spiro atoms. The summed E-state index contributed by atoms with van der Waals surface area (Å²) in [6.07, 6.45) is -4.94. The van der Waals surface area contributed by atoms with Crippen molar-refractivity contribution in [2.24, 2.45) is 0 Å². The van der Waals surface area contributed by atoms with E-state index >= 15 is 0 Å². The summed E-state index contributed by atoms with van der Waals surface area (Å²) in [5.41, 5.74) is -0.126. The predicted molar refractivity (Wildman–Crippen MR) is 55.2 cm³/mol. The number of methoxy groups -OCH3 is 1. The van der Waals surface area contributed by atoms with Crippen LogP contribution in [0.4, 0.5) is 13.2 Å². The molecule has 1 heterocycles. The number of rotatable bonds is 3. The Morgan fingerprint density at radius 1 is 1.39 bits per heavy atom. The Morgan fingerprint density at radius 2 is 1.94 bits per heavy atom. The maximum absolute atomic E-state index is 12.1. The molecule has 10 heteroatoms. The topological polar surface area (TPSA) is 65.5 Å². The summed E-state index contributed by atoms with van der Waals surface area (Å²) < 4.78 is 66.7. The fraction of sp³-hybridized carbons (Fsp3) is 0.375. The zero-order valence-corrected chi connectivity index (χ0v) is 10.7. The van der Waals surface area contributed by atoms with E-state index < -0.39 is 32.1 Å². The molecule has 0 aliphatic carbocycles. The van der Waals surface area contributed by atoms with Crippen molar-refractivity contribution < 1.29 is 31.1 Å². The molecule has 0 radical (unpaired) electrons. The number of hydrogen-bond acceptors (Lipinski definition) is 5. The molecule has 0 aliphatic rings. The smallest absolute Gasteiger partial charge is 0.478 e. The highest BCUT2D eigenvalue weighted by Gasteiger charge is 2.34. The van der Waals surface area contributed by atoms with Gasteiger partial charge in [0.25, 0.3) is 14.9 Å². The van der Waals surface area contributed by atoms with Crippen molar-refractivity contribution in [2.45, 2.75) is 18.3 Å². The summed E-state index contributed by atoms with van der Waals surface area (Å²) in [6, 6.07) is 0.853. The average molecular weight is 306 g/mol. The summed E-state index contributed by atoms with van der Waals surface area (Å²) in [7, 11) is 1.89. The van der Waals surface area contributed by atoms with Crippen LogP contribution < -0.4 is 9.47 Å². The van der Waals surface area contributed by atoms with Crippen LogP contribution in [0.15, 0.2) is 11.1 Å². The molecule has 5 nitrogen and oxygen atoms in total. The molecular formula is C8H7ClF3NO4S. The number of nitrogens with zero attached hydrogens (tertiary/aromatic N) is 1. The number of alkyl halides is 3. The Morgan fingerprint density at radius 3 is 2.33 bits per heavy atom. The van der Waals surface area contributed by atoms with Gasteiger partial charge in [0, 0.05) is 10.7 Å². The molecule has 1 rings (SSSR count). The fourth-order valence-corrected chi connectivity index (χ4v) is 1.85. The number of aromatic nitrogens is 1. The van der Waals surface area contributed by atoms with E-state index in [1.807, 2.05) is 0 Å². The molecule has 0 atom stereocenters. The number of ether oxygens (including phenoxy) is 2. The minimum atomic E-state index is -4.94. The molecular weight excluding hydrogens is 299 g/mol. The Balaban J connectivity index is 3.38. The van der Waals surface area contributed by atoms with Crippen molar-refractivity contribution in [3.63, 3.8) is 0 Å². The van der Waals surface area contributed by atoms with Crippen LogP contribution in [0.2, 0.25) is 0 Å². The van der Waals surface area contributed by atoms with Crippen LogP contribution in [0, 0.1) is 6.92 Å². The largest absolute Gasteiger partial charge is 0.573 e. The molecule has 102 valence electrons. The van der Waals surface area contributed by atoms with Gasteiger partial charge in [0.2, 0.25) is 0 Å². The monoisotopic (exact) mass is 305 g/mol. The number of pyridine rings is 1. The third-order valence-electron chi connectivity index (χ3n) is 1.77. The van der Waals surface area contributed by atoms with E-state index in [4.69, 9.17) is 10.7 Å². The predicted octanol–water partition coefficient (Wildman–Crippen LogP) is 2.22. The first-order valence-electron chi connectivity index (χ1n) is 4.30. The van der Waals surface area contributed by atoms with E-state index in [1.165, 1.54) is 6.92 Å². The highest BCUT2D eigenvalue weighted by molar-refractivity contribution is 8.13. The normalized spacial score (nSPS) is 12.3. The maximum Gasteiger partial charge on any atom is 0.573 e. The zero-order chi connectivity index (χ0) is 14.1. The van der Waals surface area contributed by atoms with E-state index in [1.54, 1.807) is 0 Å². The van der Waals surface area contributed by atoms with Crippen LogP contribution in [0.25, 0.3) is 0 Å². The van der Waals surface area contributed by atoms with E-state index in [0.717, 1.165) is 13.2 Å². The second-order valence-electron chi connectivity index (χ2n) is 3.10. The summed E-state index contributed by atoms with van der Waals surface area (Å²) in [5.74, 6) is -1.33. The molecule has 0 aromatic carbocycles. The van der Waals surface area contributed by atoms with E-state index in [2.05, 4.69) is 14.5 Å². The average Bonchev–Trinajstić information content (AvgIpc) is 2.17. The molecule has 0 fully saturated rings. The summed E-state index contributed by atoms with van der Waals surface area (Å²) >= 11 is 0. The van der Waals surface area contributed by atoms with Gasteiger partial charge in [-0.15, -0.1) is 13.2 Å². The Hall–Kier alpha value is -1.22. The lowest BCUT2D eigenvalue weighted by molar-refractivity contribution is -0.275. The van der Waals surface area contributed by atoms with Crippen LogP contribution in [0.1, 0.15) is 5.56 Å². The van der Waals surface area contributed by atoms with Crippen LogP contribution in [-0.4, -0.2) is 26.9 Å². The Kier molecular flexibility index (Phi) is 3.96. The number of halogens is 4. The molecule has 1 aromatic rings. The minimum absolute atomic E-state index is 0.126. The van der Waals surface area contributed by atoms with E-state index in [0.29, 0.717) is 0 Å². The van der Waals surface area contributed by atoms with Gasteiger partial charge in [0.1, 0.15) is 0 Å². The molecule has 0 amide bonds. The first-order chi connectivity index (χ1) is 8.04.